The molecule has 1 aromatic rings. The van der Waals surface area contributed by atoms with Crippen LogP contribution in [0.2, 0.25) is 0 Å². The molecule has 0 fully saturated rings. The maximum Gasteiger partial charge on any atom is 0.354 e. The lowest BCUT2D eigenvalue weighted by molar-refractivity contribution is 0.0590. The van der Waals surface area contributed by atoms with E-state index < -0.39 is 0 Å². The van der Waals surface area contributed by atoms with E-state index in [9.17, 15) is 4.79 Å². The molecule has 0 radical (unpaired) electrons. The fraction of sp³-hybridized carbons (Fsp3) is 0.545. The molecule has 1 N–H and O–H groups in total. The third-order valence-corrected chi connectivity index (χ3v) is 2.31. The highest BCUT2D eigenvalue weighted by Gasteiger charge is 2.11. The average molecular weight is 211 g/mol. The fourth-order valence-corrected chi connectivity index (χ4v) is 1.45. The van der Waals surface area contributed by atoms with Crippen LogP contribution >= 0.6 is 0 Å². The number of esters is 1. The minimum atomic E-state index is -0.333. The van der Waals surface area contributed by atoms with E-state index in [0.717, 1.165) is 12.0 Å². The largest absolute Gasteiger partial charge is 0.464 e. The summed E-state index contributed by atoms with van der Waals surface area (Å²) < 4.78 is 6.39. The number of rotatable bonds is 4. The van der Waals surface area contributed by atoms with Crippen molar-refractivity contribution in [3.63, 3.8) is 0 Å². The van der Waals surface area contributed by atoms with Gasteiger partial charge in [-0.25, -0.2) is 4.79 Å². The van der Waals surface area contributed by atoms with Crippen LogP contribution in [0.4, 0.5) is 0 Å². The zero-order chi connectivity index (χ0) is 11.4. The van der Waals surface area contributed by atoms with Gasteiger partial charge in [-0.2, -0.15) is 0 Å². The van der Waals surface area contributed by atoms with Gasteiger partial charge in [0.15, 0.2) is 0 Å². The van der Waals surface area contributed by atoms with Crippen LogP contribution in [0.1, 0.15) is 29.4 Å². The molecule has 4 nitrogen and oxygen atoms in total. The second kappa shape index (κ2) is 4.98. The smallest absolute Gasteiger partial charge is 0.354 e. The number of aryl methyl sites for hydroxylation is 2. The van der Waals surface area contributed by atoms with Crippen molar-refractivity contribution in [2.45, 2.75) is 25.9 Å². The molecule has 15 heavy (non-hydrogen) atoms. The molecule has 0 saturated heterocycles. The predicted octanol–water partition coefficient (Wildman–Crippen LogP) is 1.13. The lowest BCUT2D eigenvalue weighted by atomic mass is 10.1. The Morgan fingerprint density at radius 2 is 2.33 bits per heavy atom. The maximum absolute atomic E-state index is 11.3. The predicted molar refractivity (Wildman–Crippen MR) is 56.8 cm³/mol. The van der Waals surface area contributed by atoms with Gasteiger partial charge in [0.1, 0.15) is 5.69 Å². The summed E-state index contributed by atoms with van der Waals surface area (Å²) in [6.45, 7) is 1.75. The van der Waals surface area contributed by atoms with Crippen molar-refractivity contribution in [3.8, 4) is 0 Å². The Morgan fingerprint density at radius 1 is 1.67 bits per heavy atom. The van der Waals surface area contributed by atoms with Gasteiger partial charge in [-0.05, 0) is 31.4 Å². The number of carbonyl (C=O) groups is 1. The number of methoxy groups -OCH3 is 1. The fourth-order valence-electron chi connectivity index (χ4n) is 1.45. The van der Waals surface area contributed by atoms with Crippen LogP contribution in [0.3, 0.4) is 0 Å². The molecule has 0 amide bonds. The second-order valence-corrected chi connectivity index (χ2v) is 3.72. The van der Waals surface area contributed by atoms with Crippen LogP contribution in [-0.2, 0) is 18.2 Å². The van der Waals surface area contributed by atoms with Crippen molar-refractivity contribution in [1.82, 2.24) is 4.57 Å². The van der Waals surface area contributed by atoms with E-state index in [1.54, 1.807) is 24.6 Å². The lowest BCUT2D eigenvalue weighted by Gasteiger charge is -2.00. The van der Waals surface area contributed by atoms with Gasteiger partial charge in [-0.3, -0.25) is 0 Å². The third kappa shape index (κ3) is 3.09. The Labute approximate surface area is 89.5 Å². The highest BCUT2D eigenvalue weighted by atomic mass is 16.5. The molecule has 0 saturated carbocycles. The second-order valence-electron chi connectivity index (χ2n) is 3.72. The Kier molecular flexibility index (Phi) is 3.91. The van der Waals surface area contributed by atoms with E-state index in [1.807, 2.05) is 6.20 Å². The van der Waals surface area contributed by atoms with Gasteiger partial charge in [-0.1, -0.05) is 0 Å². The monoisotopic (exact) mass is 211 g/mol. The minimum absolute atomic E-state index is 0.313. The zero-order valence-electron chi connectivity index (χ0n) is 9.36. The molecule has 0 aliphatic carbocycles. The quantitative estimate of drug-likeness (QED) is 0.759. The summed E-state index contributed by atoms with van der Waals surface area (Å²) in [5.41, 5.74) is 1.58. The van der Waals surface area contributed by atoms with Gasteiger partial charge in [-0.15, -0.1) is 0 Å². The van der Waals surface area contributed by atoms with Crippen LogP contribution in [0.15, 0.2) is 12.3 Å². The molecule has 0 aliphatic rings. The van der Waals surface area contributed by atoms with E-state index in [-0.39, 0.29) is 12.1 Å². The molecule has 1 heterocycles. The van der Waals surface area contributed by atoms with Crippen molar-refractivity contribution in [2.24, 2.45) is 7.05 Å². The highest BCUT2D eigenvalue weighted by Crippen LogP contribution is 2.11. The summed E-state index contributed by atoms with van der Waals surface area (Å²) in [5, 5.41) is 9.15. The van der Waals surface area contributed by atoms with Crippen molar-refractivity contribution >= 4 is 5.97 Å². The molecule has 1 rings (SSSR count). The maximum atomic E-state index is 11.3. The number of ether oxygens (including phenoxy) is 1. The Morgan fingerprint density at radius 3 is 2.87 bits per heavy atom. The first-order chi connectivity index (χ1) is 7.04. The molecular formula is C11H17NO3. The zero-order valence-corrected chi connectivity index (χ0v) is 9.36. The van der Waals surface area contributed by atoms with Crippen LogP contribution < -0.4 is 0 Å². The number of carbonyl (C=O) groups excluding carboxylic acids is 1. The third-order valence-electron chi connectivity index (χ3n) is 2.31. The number of aliphatic hydroxyl groups is 1. The van der Waals surface area contributed by atoms with Crippen LogP contribution in [0, 0.1) is 0 Å². The summed E-state index contributed by atoms with van der Waals surface area (Å²) in [4.78, 5) is 11.3. The van der Waals surface area contributed by atoms with Crippen LogP contribution in [0.5, 0.6) is 0 Å². The molecule has 84 valence electrons. The van der Waals surface area contributed by atoms with Crippen molar-refractivity contribution in [2.75, 3.05) is 7.11 Å². The molecular weight excluding hydrogens is 194 g/mol. The van der Waals surface area contributed by atoms with Gasteiger partial charge in [0.25, 0.3) is 0 Å². The first-order valence-corrected chi connectivity index (χ1v) is 4.96. The summed E-state index contributed by atoms with van der Waals surface area (Å²) in [5.74, 6) is -0.333. The molecule has 0 bridgehead atoms. The standard InChI is InChI=1S/C11H17NO3/c1-8(13)4-5-9-6-10(11(14)15-3)12(2)7-9/h6-8,13H,4-5H2,1-3H3/t8-/m0/s1. The normalized spacial score (nSPS) is 12.5. The Hall–Kier alpha value is -1.29. The summed E-state index contributed by atoms with van der Waals surface area (Å²) in [6, 6.07) is 1.80. The summed E-state index contributed by atoms with van der Waals surface area (Å²) in [6.07, 6.45) is 3.04. The molecule has 0 unspecified atom stereocenters. The number of aliphatic hydroxyl groups excluding tert-OH is 1. The van der Waals surface area contributed by atoms with E-state index >= 15 is 0 Å². The van der Waals surface area contributed by atoms with Crippen LogP contribution in [-0.4, -0.2) is 28.9 Å². The van der Waals surface area contributed by atoms with E-state index in [2.05, 4.69) is 4.74 Å². The lowest BCUT2D eigenvalue weighted by Crippen LogP contribution is -2.06. The molecule has 0 aromatic carbocycles. The van der Waals surface area contributed by atoms with E-state index in [1.165, 1.54) is 7.11 Å². The van der Waals surface area contributed by atoms with E-state index in [4.69, 9.17) is 5.11 Å². The topological polar surface area (TPSA) is 51.5 Å². The molecule has 4 heteroatoms. The Bertz CT molecular complexity index is 342. The molecule has 1 aromatic heterocycles. The van der Waals surface area contributed by atoms with Crippen molar-refractivity contribution < 1.29 is 14.6 Å². The van der Waals surface area contributed by atoms with Gasteiger partial charge in [0.05, 0.1) is 13.2 Å². The average Bonchev–Trinajstić information content (AvgIpc) is 2.55. The van der Waals surface area contributed by atoms with Gasteiger partial charge < -0.3 is 14.4 Å². The molecule has 0 spiro atoms. The summed E-state index contributed by atoms with van der Waals surface area (Å²) >= 11 is 0. The molecule has 1 atom stereocenters. The van der Waals surface area contributed by atoms with E-state index in [0.29, 0.717) is 12.1 Å². The van der Waals surface area contributed by atoms with Crippen molar-refractivity contribution in [1.29, 1.82) is 0 Å². The van der Waals surface area contributed by atoms with Gasteiger partial charge >= 0.3 is 5.97 Å². The number of nitrogens with zero attached hydrogens (tertiary/aromatic N) is 1. The van der Waals surface area contributed by atoms with Gasteiger partial charge in [0, 0.05) is 13.2 Å². The Balaban J connectivity index is 2.72. The summed E-state index contributed by atoms with van der Waals surface area (Å²) in [7, 11) is 3.17. The van der Waals surface area contributed by atoms with Crippen LogP contribution in [0.25, 0.3) is 0 Å². The highest BCUT2D eigenvalue weighted by molar-refractivity contribution is 5.87. The van der Waals surface area contributed by atoms with Crippen molar-refractivity contribution in [3.05, 3.63) is 23.5 Å². The first kappa shape index (κ1) is 11.8. The first-order valence-electron chi connectivity index (χ1n) is 4.96. The SMILES string of the molecule is COC(=O)c1cc(CC[C@H](C)O)cn1C. The van der Waals surface area contributed by atoms with Gasteiger partial charge in [0.2, 0.25) is 0 Å². The number of aromatic nitrogens is 1. The minimum Gasteiger partial charge on any atom is -0.464 e. The molecule has 0 aliphatic heterocycles. The number of hydrogen-bond acceptors (Lipinski definition) is 3. The number of hydrogen-bond donors (Lipinski definition) is 1.